The van der Waals surface area contributed by atoms with E-state index in [4.69, 9.17) is 0 Å². The minimum absolute atomic E-state index is 0.116. The Morgan fingerprint density at radius 2 is 1.96 bits per heavy atom. The minimum Gasteiger partial charge on any atom is -0.357 e. The molecule has 4 rings (SSSR count). The highest BCUT2D eigenvalue weighted by atomic mass is 16.1. The maximum Gasteiger partial charge on any atom is 0.290 e. The number of aromatic nitrogens is 3. The van der Waals surface area contributed by atoms with Gasteiger partial charge in [0.05, 0.1) is 0 Å². The molecule has 2 saturated heterocycles. The van der Waals surface area contributed by atoms with Gasteiger partial charge in [0, 0.05) is 57.4 Å². The van der Waals surface area contributed by atoms with Gasteiger partial charge in [-0.2, -0.15) is 0 Å². The van der Waals surface area contributed by atoms with Crippen molar-refractivity contribution in [2.24, 2.45) is 0 Å². The van der Waals surface area contributed by atoms with Crippen molar-refractivity contribution in [3.63, 3.8) is 0 Å². The maximum absolute atomic E-state index is 12.0. The number of nitrogens with zero attached hydrogens (tertiary/aromatic N) is 4. The SMILES string of the molecule is O=c1[nH]ccnc1N1CCCC(NCc2ccc(N3CCCC3)nc2)C1. The molecule has 2 aromatic heterocycles. The van der Waals surface area contributed by atoms with Crippen molar-refractivity contribution in [3.05, 3.63) is 46.6 Å². The Morgan fingerprint density at radius 1 is 1.12 bits per heavy atom. The van der Waals surface area contributed by atoms with Crippen LogP contribution in [0.3, 0.4) is 0 Å². The monoisotopic (exact) mass is 354 g/mol. The van der Waals surface area contributed by atoms with Crippen molar-refractivity contribution in [2.75, 3.05) is 36.0 Å². The number of hydrogen-bond donors (Lipinski definition) is 2. The Hall–Kier alpha value is -2.41. The van der Waals surface area contributed by atoms with Crippen LogP contribution in [0.2, 0.25) is 0 Å². The second kappa shape index (κ2) is 7.86. The first-order chi connectivity index (χ1) is 12.8. The van der Waals surface area contributed by atoms with Crippen molar-refractivity contribution >= 4 is 11.6 Å². The molecule has 0 aliphatic carbocycles. The van der Waals surface area contributed by atoms with Gasteiger partial charge >= 0.3 is 0 Å². The smallest absolute Gasteiger partial charge is 0.290 e. The van der Waals surface area contributed by atoms with Crippen molar-refractivity contribution in [1.29, 1.82) is 0 Å². The second-order valence-corrected chi connectivity index (χ2v) is 7.13. The normalized spacial score (nSPS) is 20.5. The number of pyridine rings is 1. The lowest BCUT2D eigenvalue weighted by atomic mass is 10.1. The van der Waals surface area contributed by atoms with Crippen LogP contribution >= 0.6 is 0 Å². The first-order valence-electron chi connectivity index (χ1n) is 9.51. The van der Waals surface area contributed by atoms with Gasteiger partial charge in [-0.3, -0.25) is 4.79 Å². The molecule has 2 N–H and O–H groups in total. The number of rotatable bonds is 5. The fraction of sp³-hybridized carbons (Fsp3) is 0.526. The second-order valence-electron chi connectivity index (χ2n) is 7.13. The van der Waals surface area contributed by atoms with Gasteiger partial charge in [0.1, 0.15) is 5.82 Å². The van der Waals surface area contributed by atoms with Crippen LogP contribution in [0.15, 0.2) is 35.5 Å². The molecular formula is C19H26N6O. The van der Waals surface area contributed by atoms with E-state index >= 15 is 0 Å². The lowest BCUT2D eigenvalue weighted by molar-refractivity contribution is 0.419. The van der Waals surface area contributed by atoms with Crippen molar-refractivity contribution in [3.8, 4) is 0 Å². The standard InChI is InChI=1S/C19H26N6O/c26-19-18(20-7-8-21-19)25-11-3-4-16(14-25)22-12-15-5-6-17(23-13-15)24-9-1-2-10-24/h5-8,13,16,22H,1-4,9-12,14H2,(H,21,26). The molecule has 0 saturated carbocycles. The highest BCUT2D eigenvalue weighted by Gasteiger charge is 2.22. The summed E-state index contributed by atoms with van der Waals surface area (Å²) in [5.41, 5.74) is 1.08. The van der Waals surface area contributed by atoms with Crippen LogP contribution in [0.25, 0.3) is 0 Å². The van der Waals surface area contributed by atoms with E-state index < -0.39 is 0 Å². The summed E-state index contributed by atoms with van der Waals surface area (Å²) < 4.78 is 0. The van der Waals surface area contributed by atoms with Gasteiger partial charge in [-0.1, -0.05) is 6.07 Å². The first kappa shape index (κ1) is 17.0. The van der Waals surface area contributed by atoms with Gasteiger partial charge in [-0.25, -0.2) is 9.97 Å². The number of aromatic amines is 1. The Morgan fingerprint density at radius 3 is 2.73 bits per heavy atom. The van der Waals surface area contributed by atoms with Gasteiger partial charge in [-0.05, 0) is 37.3 Å². The van der Waals surface area contributed by atoms with Crippen LogP contribution in [0.5, 0.6) is 0 Å². The summed E-state index contributed by atoms with van der Waals surface area (Å²) in [5, 5.41) is 3.61. The number of nitrogens with one attached hydrogen (secondary N) is 2. The third kappa shape index (κ3) is 3.88. The van der Waals surface area contributed by atoms with Crippen LogP contribution in [0.1, 0.15) is 31.2 Å². The van der Waals surface area contributed by atoms with Crippen LogP contribution in [0, 0.1) is 0 Å². The molecule has 0 amide bonds. The quantitative estimate of drug-likeness (QED) is 0.848. The molecule has 2 aliphatic rings. The van der Waals surface area contributed by atoms with E-state index in [-0.39, 0.29) is 5.56 Å². The number of H-pyrrole nitrogens is 1. The highest BCUT2D eigenvalue weighted by Crippen LogP contribution is 2.18. The summed E-state index contributed by atoms with van der Waals surface area (Å²) in [4.78, 5) is 27.9. The number of anilines is 2. The molecule has 138 valence electrons. The average Bonchev–Trinajstić information content (AvgIpc) is 3.22. The lowest BCUT2D eigenvalue weighted by Gasteiger charge is -2.33. The predicted octanol–water partition coefficient (Wildman–Crippen LogP) is 1.52. The largest absolute Gasteiger partial charge is 0.357 e. The average molecular weight is 354 g/mol. The Labute approximate surface area is 153 Å². The van der Waals surface area contributed by atoms with E-state index in [0.29, 0.717) is 11.9 Å². The van der Waals surface area contributed by atoms with Gasteiger partial charge < -0.3 is 20.1 Å². The molecule has 1 unspecified atom stereocenters. The van der Waals surface area contributed by atoms with E-state index in [1.165, 1.54) is 18.4 Å². The lowest BCUT2D eigenvalue weighted by Crippen LogP contribution is -2.47. The molecule has 0 radical (unpaired) electrons. The molecule has 2 aliphatic heterocycles. The number of piperidine rings is 1. The topological polar surface area (TPSA) is 77.2 Å². The van der Waals surface area contributed by atoms with Gasteiger partial charge in [0.15, 0.2) is 5.82 Å². The van der Waals surface area contributed by atoms with Crippen LogP contribution in [-0.4, -0.2) is 47.2 Å². The first-order valence-corrected chi connectivity index (χ1v) is 9.51. The third-order valence-corrected chi connectivity index (χ3v) is 5.24. The molecule has 7 heteroatoms. The number of hydrogen-bond acceptors (Lipinski definition) is 6. The summed E-state index contributed by atoms with van der Waals surface area (Å²) in [5.74, 6) is 1.61. The molecule has 0 spiro atoms. The van der Waals surface area contributed by atoms with Gasteiger partial charge in [0.25, 0.3) is 5.56 Å². The van der Waals surface area contributed by atoms with Crippen LogP contribution in [-0.2, 0) is 6.54 Å². The molecule has 26 heavy (non-hydrogen) atoms. The zero-order valence-corrected chi connectivity index (χ0v) is 15.0. The molecule has 0 aromatic carbocycles. The predicted molar refractivity (Wildman–Crippen MR) is 103 cm³/mol. The summed E-state index contributed by atoms with van der Waals surface area (Å²) in [6.07, 6.45) is 9.89. The molecule has 4 heterocycles. The van der Waals surface area contributed by atoms with E-state index in [0.717, 1.165) is 51.4 Å². The Balaban J connectivity index is 1.33. The zero-order valence-electron chi connectivity index (χ0n) is 15.0. The van der Waals surface area contributed by atoms with E-state index in [9.17, 15) is 4.79 Å². The molecular weight excluding hydrogens is 328 g/mol. The van der Waals surface area contributed by atoms with Crippen molar-refractivity contribution < 1.29 is 0 Å². The van der Waals surface area contributed by atoms with Crippen molar-refractivity contribution in [1.82, 2.24) is 20.3 Å². The zero-order chi connectivity index (χ0) is 17.8. The minimum atomic E-state index is -0.116. The molecule has 0 bridgehead atoms. The van der Waals surface area contributed by atoms with E-state index in [1.54, 1.807) is 12.4 Å². The van der Waals surface area contributed by atoms with Crippen LogP contribution < -0.4 is 20.7 Å². The fourth-order valence-electron chi connectivity index (χ4n) is 3.82. The maximum atomic E-state index is 12.0. The summed E-state index contributed by atoms with van der Waals surface area (Å²) >= 11 is 0. The highest BCUT2D eigenvalue weighted by molar-refractivity contribution is 5.40. The molecule has 1 atom stereocenters. The Kier molecular flexibility index (Phi) is 5.15. The molecule has 2 aromatic rings. The third-order valence-electron chi connectivity index (χ3n) is 5.24. The van der Waals surface area contributed by atoms with E-state index in [1.807, 2.05) is 6.20 Å². The van der Waals surface area contributed by atoms with Crippen molar-refractivity contribution in [2.45, 2.75) is 38.3 Å². The summed E-state index contributed by atoms with van der Waals surface area (Å²) in [6, 6.07) is 4.64. The van der Waals surface area contributed by atoms with Crippen LogP contribution in [0.4, 0.5) is 11.6 Å². The van der Waals surface area contributed by atoms with Gasteiger partial charge in [0.2, 0.25) is 0 Å². The fourth-order valence-corrected chi connectivity index (χ4v) is 3.82. The summed E-state index contributed by atoms with van der Waals surface area (Å²) in [7, 11) is 0. The summed E-state index contributed by atoms with van der Waals surface area (Å²) in [6.45, 7) is 4.72. The Bertz CT molecular complexity index is 768. The molecule has 7 nitrogen and oxygen atoms in total. The van der Waals surface area contributed by atoms with E-state index in [2.05, 4.69) is 42.2 Å². The molecule has 2 fully saturated rings. The van der Waals surface area contributed by atoms with Gasteiger partial charge in [-0.15, -0.1) is 0 Å².